The third kappa shape index (κ3) is 3.15. The SMILES string of the molecule is Cc1ccc(S(=O)(=O)Nc2ccc(N)nc2)c(Cl)c1. The van der Waals surface area contributed by atoms with E-state index >= 15 is 0 Å². The Balaban J connectivity index is 2.35. The van der Waals surface area contributed by atoms with Crippen LogP contribution in [0.15, 0.2) is 41.4 Å². The van der Waals surface area contributed by atoms with Crippen LogP contribution in [0.1, 0.15) is 5.56 Å². The normalized spacial score (nSPS) is 11.3. The number of hydrogen-bond donors (Lipinski definition) is 2. The lowest BCUT2D eigenvalue weighted by Crippen LogP contribution is -2.13. The van der Waals surface area contributed by atoms with E-state index in [2.05, 4.69) is 9.71 Å². The lowest BCUT2D eigenvalue weighted by molar-refractivity contribution is 0.601. The molecule has 0 atom stereocenters. The summed E-state index contributed by atoms with van der Waals surface area (Å²) >= 11 is 5.95. The molecule has 1 aromatic heterocycles. The second kappa shape index (κ2) is 5.07. The van der Waals surface area contributed by atoms with Crippen molar-refractivity contribution in [3.8, 4) is 0 Å². The van der Waals surface area contributed by atoms with Gasteiger partial charge in [0.05, 0.1) is 16.9 Å². The number of nitrogen functional groups attached to an aromatic ring is 1. The maximum absolute atomic E-state index is 12.2. The van der Waals surface area contributed by atoms with Gasteiger partial charge < -0.3 is 5.73 Å². The summed E-state index contributed by atoms with van der Waals surface area (Å²) < 4.78 is 26.7. The van der Waals surface area contributed by atoms with E-state index in [0.29, 0.717) is 11.5 Å². The summed E-state index contributed by atoms with van der Waals surface area (Å²) in [6, 6.07) is 7.78. The molecule has 0 amide bonds. The Hall–Kier alpha value is -1.79. The fourth-order valence-corrected chi connectivity index (χ4v) is 3.14. The highest BCUT2D eigenvalue weighted by Crippen LogP contribution is 2.24. The molecule has 0 bridgehead atoms. The van der Waals surface area contributed by atoms with Crippen molar-refractivity contribution in [2.45, 2.75) is 11.8 Å². The Morgan fingerprint density at radius 2 is 2.00 bits per heavy atom. The Morgan fingerprint density at radius 3 is 2.58 bits per heavy atom. The molecule has 100 valence electrons. The molecule has 0 spiro atoms. The summed E-state index contributed by atoms with van der Waals surface area (Å²) in [5.74, 6) is 0.316. The summed E-state index contributed by atoms with van der Waals surface area (Å²) in [4.78, 5) is 3.84. The first-order valence-electron chi connectivity index (χ1n) is 5.39. The molecule has 0 aliphatic heterocycles. The largest absolute Gasteiger partial charge is 0.384 e. The third-order valence-corrected chi connectivity index (χ3v) is 4.28. The molecule has 19 heavy (non-hydrogen) atoms. The first-order valence-corrected chi connectivity index (χ1v) is 7.25. The Labute approximate surface area is 116 Å². The molecule has 1 aromatic carbocycles. The van der Waals surface area contributed by atoms with Gasteiger partial charge >= 0.3 is 0 Å². The first kappa shape index (κ1) is 13.6. The van der Waals surface area contributed by atoms with E-state index in [0.717, 1.165) is 5.56 Å². The van der Waals surface area contributed by atoms with Crippen LogP contribution in [0.2, 0.25) is 5.02 Å². The molecule has 5 nitrogen and oxygen atoms in total. The number of sulfonamides is 1. The smallest absolute Gasteiger partial charge is 0.263 e. The predicted octanol–water partition coefficient (Wildman–Crippen LogP) is 2.43. The number of benzene rings is 1. The van der Waals surface area contributed by atoms with Crippen LogP contribution in [0.3, 0.4) is 0 Å². The van der Waals surface area contributed by atoms with Crippen LogP contribution in [0.25, 0.3) is 0 Å². The average molecular weight is 298 g/mol. The van der Waals surface area contributed by atoms with Gasteiger partial charge in [-0.2, -0.15) is 0 Å². The summed E-state index contributed by atoms with van der Waals surface area (Å²) in [5, 5.41) is 0.177. The number of nitrogens with one attached hydrogen (secondary N) is 1. The molecule has 0 saturated carbocycles. The predicted molar refractivity (Wildman–Crippen MR) is 75.6 cm³/mol. The molecule has 0 aliphatic carbocycles. The quantitative estimate of drug-likeness (QED) is 0.911. The molecule has 3 N–H and O–H groups in total. The minimum Gasteiger partial charge on any atom is -0.384 e. The van der Waals surface area contributed by atoms with Gasteiger partial charge in [0, 0.05) is 0 Å². The van der Waals surface area contributed by atoms with Crippen LogP contribution >= 0.6 is 11.6 Å². The molecule has 2 rings (SSSR count). The number of nitrogens with two attached hydrogens (primary N) is 1. The van der Waals surface area contributed by atoms with Gasteiger partial charge in [-0.3, -0.25) is 4.72 Å². The number of hydrogen-bond acceptors (Lipinski definition) is 4. The zero-order valence-corrected chi connectivity index (χ0v) is 11.7. The molecule has 7 heteroatoms. The first-order chi connectivity index (χ1) is 8.88. The molecular formula is C12H12ClN3O2S. The van der Waals surface area contributed by atoms with Crippen LogP contribution in [0.5, 0.6) is 0 Å². The standard InChI is InChI=1S/C12H12ClN3O2S/c1-8-2-4-11(10(13)6-8)19(17,18)16-9-3-5-12(14)15-7-9/h2-7,16H,1H3,(H2,14,15). The monoisotopic (exact) mass is 297 g/mol. The highest BCUT2D eigenvalue weighted by Gasteiger charge is 2.18. The lowest BCUT2D eigenvalue weighted by Gasteiger charge is -2.09. The zero-order valence-electron chi connectivity index (χ0n) is 10.1. The number of anilines is 2. The van der Waals surface area contributed by atoms with E-state index in [1.807, 2.05) is 6.92 Å². The number of rotatable bonds is 3. The van der Waals surface area contributed by atoms with Crippen LogP contribution in [-0.2, 0) is 10.0 Å². The van der Waals surface area contributed by atoms with Crippen LogP contribution < -0.4 is 10.5 Å². The minimum atomic E-state index is -3.74. The lowest BCUT2D eigenvalue weighted by atomic mass is 10.2. The second-order valence-electron chi connectivity index (χ2n) is 4.01. The maximum atomic E-state index is 12.2. The fraction of sp³-hybridized carbons (Fsp3) is 0.0833. The average Bonchev–Trinajstić information content (AvgIpc) is 2.31. The highest BCUT2D eigenvalue weighted by molar-refractivity contribution is 7.92. The van der Waals surface area contributed by atoms with Gasteiger partial charge in [0.2, 0.25) is 0 Å². The van der Waals surface area contributed by atoms with E-state index in [1.54, 1.807) is 12.1 Å². The van der Waals surface area contributed by atoms with Crippen molar-refractivity contribution < 1.29 is 8.42 Å². The molecule has 0 fully saturated rings. The number of nitrogens with zero attached hydrogens (tertiary/aromatic N) is 1. The number of aryl methyl sites for hydroxylation is 1. The van der Waals surface area contributed by atoms with Gasteiger partial charge in [-0.1, -0.05) is 17.7 Å². The second-order valence-corrected chi connectivity index (χ2v) is 6.07. The van der Waals surface area contributed by atoms with Gasteiger partial charge in [0.15, 0.2) is 0 Å². The van der Waals surface area contributed by atoms with Gasteiger partial charge in [-0.05, 0) is 36.8 Å². The third-order valence-electron chi connectivity index (χ3n) is 2.42. The topological polar surface area (TPSA) is 85.1 Å². The van der Waals surface area contributed by atoms with E-state index in [4.69, 9.17) is 17.3 Å². The molecule has 0 radical (unpaired) electrons. The Bertz CT molecular complexity index is 699. The van der Waals surface area contributed by atoms with E-state index < -0.39 is 10.0 Å². The van der Waals surface area contributed by atoms with Crippen LogP contribution in [0.4, 0.5) is 11.5 Å². The van der Waals surface area contributed by atoms with Gasteiger partial charge in [-0.15, -0.1) is 0 Å². The van der Waals surface area contributed by atoms with Gasteiger partial charge in [-0.25, -0.2) is 13.4 Å². The van der Waals surface area contributed by atoms with Crippen molar-refractivity contribution in [1.82, 2.24) is 4.98 Å². The summed E-state index contributed by atoms with van der Waals surface area (Å²) in [5.41, 5.74) is 6.64. The van der Waals surface area contributed by atoms with Crippen LogP contribution in [-0.4, -0.2) is 13.4 Å². The number of aromatic nitrogens is 1. The van der Waals surface area contributed by atoms with Crippen molar-refractivity contribution in [3.05, 3.63) is 47.1 Å². The molecule has 0 aliphatic rings. The van der Waals surface area contributed by atoms with Crippen molar-refractivity contribution >= 4 is 33.1 Å². The van der Waals surface area contributed by atoms with Crippen molar-refractivity contribution in [2.75, 3.05) is 10.5 Å². The van der Waals surface area contributed by atoms with E-state index in [9.17, 15) is 8.42 Å². The van der Waals surface area contributed by atoms with E-state index in [-0.39, 0.29) is 9.92 Å². The minimum absolute atomic E-state index is 0.0246. The molecule has 2 aromatic rings. The van der Waals surface area contributed by atoms with Gasteiger partial charge in [0.25, 0.3) is 10.0 Å². The highest BCUT2D eigenvalue weighted by atomic mass is 35.5. The number of pyridine rings is 1. The summed E-state index contributed by atoms with van der Waals surface area (Å²) in [7, 11) is -3.74. The van der Waals surface area contributed by atoms with Gasteiger partial charge in [0.1, 0.15) is 10.7 Å². The van der Waals surface area contributed by atoms with Crippen molar-refractivity contribution in [3.63, 3.8) is 0 Å². The summed E-state index contributed by atoms with van der Waals surface area (Å²) in [6.45, 7) is 1.83. The molecule has 0 saturated heterocycles. The summed E-state index contributed by atoms with van der Waals surface area (Å²) in [6.07, 6.45) is 1.34. The molecular weight excluding hydrogens is 286 g/mol. The molecule has 1 heterocycles. The Kier molecular flexibility index (Phi) is 3.64. The van der Waals surface area contributed by atoms with Crippen molar-refractivity contribution in [2.24, 2.45) is 0 Å². The van der Waals surface area contributed by atoms with Crippen molar-refractivity contribution in [1.29, 1.82) is 0 Å². The van der Waals surface area contributed by atoms with Crippen LogP contribution in [0, 0.1) is 6.92 Å². The van der Waals surface area contributed by atoms with E-state index in [1.165, 1.54) is 24.4 Å². The maximum Gasteiger partial charge on any atom is 0.263 e. The molecule has 0 unspecified atom stereocenters. The fourth-order valence-electron chi connectivity index (χ4n) is 1.50. The zero-order chi connectivity index (χ0) is 14.0. The number of halogens is 1. The Morgan fingerprint density at radius 1 is 1.26 bits per heavy atom.